The molecule has 5 rings (SSSR count). The van der Waals surface area contributed by atoms with Crippen molar-refractivity contribution in [2.45, 2.75) is 37.0 Å². The number of hydrogen-bond acceptors (Lipinski definition) is 6. The average Bonchev–Trinajstić information content (AvgIpc) is 3.10. The minimum absolute atomic E-state index is 0.172. The third-order valence-corrected chi connectivity index (χ3v) is 8.74. The van der Waals surface area contributed by atoms with E-state index < -0.39 is 5.97 Å². The number of carbonyl (C=O) groups is 3. The molecular formula is C30H28N2O4S2. The number of carbonyl (C=O) groups excluding carboxylic acids is 3. The third kappa shape index (κ3) is 5.92. The summed E-state index contributed by atoms with van der Waals surface area (Å²) in [5.41, 5.74) is 2.77. The number of fused-ring (bicyclic) bond motifs is 2. The number of nitrogens with one attached hydrogen (secondary N) is 2. The van der Waals surface area contributed by atoms with Crippen LogP contribution in [0.5, 0.6) is 0 Å². The molecule has 1 aliphatic rings. The van der Waals surface area contributed by atoms with E-state index in [-0.39, 0.29) is 17.6 Å². The van der Waals surface area contributed by atoms with Gasteiger partial charge in [0.1, 0.15) is 5.00 Å². The lowest BCUT2D eigenvalue weighted by Gasteiger charge is -2.09. The number of methoxy groups -OCH3 is 1. The second-order valence-electron chi connectivity index (χ2n) is 9.14. The highest BCUT2D eigenvalue weighted by atomic mass is 32.2. The maximum atomic E-state index is 12.8. The second kappa shape index (κ2) is 11.8. The number of benzene rings is 3. The molecule has 38 heavy (non-hydrogen) atoms. The van der Waals surface area contributed by atoms with Gasteiger partial charge in [-0.15, -0.1) is 23.1 Å². The number of amides is 2. The van der Waals surface area contributed by atoms with Gasteiger partial charge in [-0.05, 0) is 72.4 Å². The number of thiophene rings is 1. The minimum Gasteiger partial charge on any atom is -0.465 e. The van der Waals surface area contributed by atoms with E-state index in [1.165, 1.54) is 35.1 Å². The lowest BCUT2D eigenvalue weighted by Crippen LogP contribution is -2.16. The Labute approximate surface area is 229 Å². The van der Waals surface area contributed by atoms with Crippen molar-refractivity contribution in [2.75, 3.05) is 23.5 Å². The number of aryl methyl sites for hydroxylation is 1. The molecule has 1 heterocycles. The molecule has 0 fully saturated rings. The topological polar surface area (TPSA) is 84.5 Å². The molecule has 0 saturated heterocycles. The zero-order valence-corrected chi connectivity index (χ0v) is 22.7. The highest BCUT2D eigenvalue weighted by molar-refractivity contribution is 8.00. The summed E-state index contributed by atoms with van der Waals surface area (Å²) < 4.78 is 5.03. The average molecular weight is 545 g/mol. The summed E-state index contributed by atoms with van der Waals surface area (Å²) in [7, 11) is 1.37. The van der Waals surface area contributed by atoms with Crippen molar-refractivity contribution < 1.29 is 19.1 Å². The van der Waals surface area contributed by atoms with Crippen LogP contribution in [0, 0.1) is 0 Å². The fourth-order valence-corrected chi connectivity index (χ4v) is 6.71. The van der Waals surface area contributed by atoms with Crippen LogP contribution >= 0.6 is 23.1 Å². The quantitative estimate of drug-likeness (QED) is 0.150. The van der Waals surface area contributed by atoms with Gasteiger partial charge < -0.3 is 15.4 Å². The van der Waals surface area contributed by atoms with E-state index in [9.17, 15) is 14.4 Å². The molecule has 0 bridgehead atoms. The van der Waals surface area contributed by atoms with Crippen LogP contribution in [0.25, 0.3) is 10.8 Å². The fourth-order valence-electron chi connectivity index (χ4n) is 4.66. The van der Waals surface area contributed by atoms with Gasteiger partial charge >= 0.3 is 5.97 Å². The van der Waals surface area contributed by atoms with E-state index in [1.54, 1.807) is 0 Å². The van der Waals surface area contributed by atoms with Crippen molar-refractivity contribution in [3.63, 3.8) is 0 Å². The van der Waals surface area contributed by atoms with Gasteiger partial charge in [0, 0.05) is 21.0 Å². The first-order chi connectivity index (χ1) is 18.5. The van der Waals surface area contributed by atoms with Crippen LogP contribution in [0.15, 0.2) is 71.6 Å². The number of ether oxygens (including phenoxy) is 1. The SMILES string of the molecule is COC(=O)c1c(NC(=O)CSc2cccc(NC(=O)c3ccc4ccccc4c3)c2)sc2c1CCCCC2. The van der Waals surface area contributed by atoms with Gasteiger partial charge in [0.05, 0.1) is 18.4 Å². The lowest BCUT2D eigenvalue weighted by molar-refractivity contribution is -0.113. The van der Waals surface area contributed by atoms with Gasteiger partial charge in [-0.25, -0.2) is 4.79 Å². The molecule has 0 radical (unpaired) electrons. The van der Waals surface area contributed by atoms with Gasteiger partial charge in [0.25, 0.3) is 5.91 Å². The van der Waals surface area contributed by atoms with Gasteiger partial charge in [-0.2, -0.15) is 0 Å². The molecule has 2 amide bonds. The first-order valence-corrected chi connectivity index (χ1v) is 14.4. The molecule has 0 spiro atoms. The molecule has 1 aliphatic carbocycles. The first-order valence-electron chi connectivity index (χ1n) is 12.6. The zero-order chi connectivity index (χ0) is 26.5. The van der Waals surface area contributed by atoms with E-state index in [0.717, 1.165) is 53.3 Å². The van der Waals surface area contributed by atoms with Crippen LogP contribution in [0.2, 0.25) is 0 Å². The molecule has 6 nitrogen and oxygen atoms in total. The van der Waals surface area contributed by atoms with Gasteiger partial charge in [0.15, 0.2) is 0 Å². The van der Waals surface area contributed by atoms with E-state index in [2.05, 4.69) is 10.6 Å². The van der Waals surface area contributed by atoms with Crippen LogP contribution in [-0.2, 0) is 22.4 Å². The maximum Gasteiger partial charge on any atom is 0.341 e. The number of thioether (sulfide) groups is 1. The predicted octanol–water partition coefficient (Wildman–Crippen LogP) is 6.94. The van der Waals surface area contributed by atoms with Crippen LogP contribution < -0.4 is 10.6 Å². The van der Waals surface area contributed by atoms with E-state index in [0.29, 0.717) is 21.8 Å². The number of esters is 1. The Bertz CT molecular complexity index is 1510. The van der Waals surface area contributed by atoms with Crippen LogP contribution in [0.4, 0.5) is 10.7 Å². The standard InChI is InChI=1S/C30H28N2O4S2/c1-36-30(35)27-24-12-3-2-4-13-25(24)38-29(27)32-26(33)18-37-23-11-7-10-22(17-23)31-28(34)21-15-14-19-8-5-6-9-20(19)16-21/h5-11,14-17H,2-4,12-13,18H2,1H3,(H,31,34)(H,32,33). The van der Waals surface area contributed by atoms with Crippen molar-refractivity contribution >= 4 is 62.3 Å². The molecule has 4 aromatic rings. The zero-order valence-electron chi connectivity index (χ0n) is 21.0. The molecular weight excluding hydrogens is 516 g/mol. The summed E-state index contributed by atoms with van der Waals surface area (Å²) in [5, 5.41) is 8.56. The second-order valence-corrected chi connectivity index (χ2v) is 11.3. The predicted molar refractivity (Wildman–Crippen MR) is 155 cm³/mol. The normalized spacial score (nSPS) is 12.9. The van der Waals surface area contributed by atoms with Crippen LogP contribution in [-0.4, -0.2) is 30.6 Å². The molecule has 1 aromatic heterocycles. The largest absolute Gasteiger partial charge is 0.465 e. The fraction of sp³-hybridized carbons (Fsp3) is 0.233. The molecule has 194 valence electrons. The Morgan fingerprint density at radius 3 is 2.55 bits per heavy atom. The van der Waals surface area contributed by atoms with Crippen LogP contribution in [0.1, 0.15) is 50.4 Å². The van der Waals surface area contributed by atoms with Gasteiger partial charge in [-0.1, -0.05) is 42.8 Å². The maximum absolute atomic E-state index is 12.8. The molecule has 0 atom stereocenters. The smallest absolute Gasteiger partial charge is 0.341 e. The van der Waals surface area contributed by atoms with Gasteiger partial charge in [-0.3, -0.25) is 9.59 Å². The van der Waals surface area contributed by atoms with E-state index in [4.69, 9.17) is 4.74 Å². The Balaban J connectivity index is 1.23. The number of hydrogen-bond donors (Lipinski definition) is 2. The number of anilines is 2. The van der Waals surface area contributed by atoms with E-state index >= 15 is 0 Å². The Kier molecular flexibility index (Phi) is 8.10. The minimum atomic E-state index is -0.401. The van der Waals surface area contributed by atoms with Gasteiger partial charge in [0.2, 0.25) is 5.91 Å². The summed E-state index contributed by atoms with van der Waals surface area (Å²) in [6.45, 7) is 0. The lowest BCUT2D eigenvalue weighted by atomic mass is 10.1. The highest BCUT2D eigenvalue weighted by Gasteiger charge is 2.26. The molecule has 0 unspecified atom stereocenters. The van der Waals surface area contributed by atoms with Crippen molar-refractivity contribution in [2.24, 2.45) is 0 Å². The molecule has 3 aromatic carbocycles. The third-order valence-electron chi connectivity index (χ3n) is 6.54. The molecule has 2 N–H and O–H groups in total. The molecule has 0 saturated carbocycles. The van der Waals surface area contributed by atoms with Crippen molar-refractivity contribution in [3.05, 3.63) is 88.3 Å². The summed E-state index contributed by atoms with van der Waals surface area (Å²) in [6, 6.07) is 21.0. The van der Waals surface area contributed by atoms with Crippen molar-refractivity contribution in [3.8, 4) is 0 Å². The Morgan fingerprint density at radius 2 is 1.71 bits per heavy atom. The summed E-state index contributed by atoms with van der Waals surface area (Å²) in [5.74, 6) is -0.613. The monoisotopic (exact) mass is 544 g/mol. The molecule has 0 aliphatic heterocycles. The van der Waals surface area contributed by atoms with Crippen molar-refractivity contribution in [1.82, 2.24) is 0 Å². The summed E-state index contributed by atoms with van der Waals surface area (Å²) in [6.07, 6.45) is 5.02. The summed E-state index contributed by atoms with van der Waals surface area (Å²) >= 11 is 2.86. The Morgan fingerprint density at radius 1 is 0.895 bits per heavy atom. The van der Waals surface area contributed by atoms with Crippen LogP contribution in [0.3, 0.4) is 0 Å². The molecule has 8 heteroatoms. The summed E-state index contributed by atoms with van der Waals surface area (Å²) in [4.78, 5) is 40.2. The van der Waals surface area contributed by atoms with Crippen molar-refractivity contribution in [1.29, 1.82) is 0 Å². The van der Waals surface area contributed by atoms with E-state index in [1.807, 2.05) is 66.7 Å². The first kappa shape index (κ1) is 26.0. The highest BCUT2D eigenvalue weighted by Crippen LogP contribution is 2.38. The Hall–Kier alpha value is -3.62. The number of rotatable bonds is 7.